The number of anilines is 3. The quantitative estimate of drug-likeness (QED) is 0.0794. The second-order valence-electron chi connectivity index (χ2n) is 16.5. The molecule has 0 bridgehead atoms. The van der Waals surface area contributed by atoms with E-state index in [1.807, 2.05) is 0 Å². The van der Waals surface area contributed by atoms with Gasteiger partial charge in [-0.3, -0.25) is 0 Å². The average molecular weight is 854 g/mol. The van der Waals surface area contributed by atoms with E-state index in [2.05, 4.69) is 290 Å². The highest BCUT2D eigenvalue weighted by Gasteiger charge is 2.41. The third-order valence-electron chi connectivity index (χ3n) is 12.8. The van der Waals surface area contributed by atoms with Crippen molar-refractivity contribution >= 4 is 45.9 Å². The van der Waals surface area contributed by atoms with Gasteiger partial charge >= 0.3 is 0 Å². The molecule has 0 aliphatic heterocycles. The Balaban J connectivity index is 1.05. The van der Waals surface area contributed by atoms with Crippen LogP contribution in [0.2, 0.25) is 0 Å². The third kappa shape index (κ3) is 7.60. The van der Waals surface area contributed by atoms with E-state index in [0.29, 0.717) is 0 Å². The van der Waals surface area contributed by atoms with Crippen molar-refractivity contribution in [2.75, 3.05) is 4.90 Å². The first kappa shape index (κ1) is 41.3. The Labute approximate surface area is 390 Å². The molecule has 0 fully saturated rings. The zero-order valence-corrected chi connectivity index (χ0v) is 37.5. The smallest absolute Gasteiger partial charge is 0.179 e. The number of benzene rings is 9. The maximum Gasteiger partial charge on any atom is 0.179 e. The van der Waals surface area contributed by atoms with Crippen LogP contribution in [0.5, 0.6) is 0 Å². The molecule has 0 heterocycles. The SMILES string of the molecule is C#CC#CC#CC#CC1(C)c2ccccc2-c2ccc(N(c3ccc(-c4ccccc4)cc3)c3ccc(-c4ccc([Si](c5ccccc5)(c5ccccc5)c5ccccc5)cc4)cc3)cc21. The molecule has 66 heavy (non-hydrogen) atoms. The van der Waals surface area contributed by atoms with E-state index in [1.165, 1.54) is 43.0 Å². The molecule has 0 saturated carbocycles. The number of fused-ring (bicyclic) bond motifs is 3. The van der Waals surface area contributed by atoms with Gasteiger partial charge < -0.3 is 4.90 Å². The van der Waals surface area contributed by atoms with Crippen molar-refractivity contribution in [3.8, 4) is 81.2 Å². The van der Waals surface area contributed by atoms with Crippen LogP contribution in [0, 0.1) is 47.9 Å². The van der Waals surface area contributed by atoms with E-state index in [-0.39, 0.29) is 0 Å². The van der Waals surface area contributed by atoms with Gasteiger partial charge in [-0.25, -0.2) is 0 Å². The number of rotatable bonds is 9. The van der Waals surface area contributed by atoms with Gasteiger partial charge in [0.05, 0.1) is 5.41 Å². The van der Waals surface area contributed by atoms with Crippen molar-refractivity contribution in [3.05, 3.63) is 248 Å². The normalized spacial score (nSPS) is 13.2. The van der Waals surface area contributed by atoms with Gasteiger partial charge in [-0.2, -0.15) is 0 Å². The third-order valence-corrected chi connectivity index (χ3v) is 17.6. The fraction of sp³-hybridized carbons (Fsp3) is 0.0312. The molecule has 1 aliphatic carbocycles. The Bertz CT molecular complexity index is 3310. The molecular formula is C64H43NSi. The van der Waals surface area contributed by atoms with Crippen LogP contribution < -0.4 is 25.6 Å². The minimum Gasteiger partial charge on any atom is -0.310 e. The number of hydrogen-bond acceptors (Lipinski definition) is 1. The van der Waals surface area contributed by atoms with E-state index in [4.69, 9.17) is 6.42 Å². The summed E-state index contributed by atoms with van der Waals surface area (Å²) in [6.07, 6.45) is 5.30. The summed E-state index contributed by atoms with van der Waals surface area (Å²) in [6.45, 7) is 2.19. The molecule has 10 rings (SSSR count). The maximum atomic E-state index is 5.30. The first-order valence-corrected chi connectivity index (χ1v) is 24.1. The lowest BCUT2D eigenvalue weighted by Gasteiger charge is -2.34. The summed E-state index contributed by atoms with van der Waals surface area (Å²) in [4.78, 5) is 2.34. The standard InChI is InChI=1S/C64H43NSi/c1-3-4-5-6-7-22-47-64(2)62-32-21-20-31-60(62)61-46-43-55(48-63(61)64)65(53-39-33-50(34-40-53)49-23-12-8-13-24-49)54-41-35-51(36-42-54)52-37-44-59(45-38-52)66(56-25-14-9-15-26-56,57-27-16-10-17-28-57)58-29-18-11-19-30-58/h1,8-21,23-46,48H,2H3. The molecule has 0 radical (unpaired) electrons. The van der Waals surface area contributed by atoms with Gasteiger partial charge in [-0.15, -0.1) is 6.42 Å². The lowest BCUT2D eigenvalue weighted by molar-refractivity contribution is 0.778. The molecule has 1 nitrogen and oxygen atoms in total. The van der Waals surface area contributed by atoms with Crippen molar-refractivity contribution < 1.29 is 0 Å². The van der Waals surface area contributed by atoms with Crippen LogP contribution >= 0.6 is 0 Å². The minimum absolute atomic E-state index is 0.600. The summed E-state index contributed by atoms with van der Waals surface area (Å²) in [5.74, 6) is 19.8. The van der Waals surface area contributed by atoms with E-state index in [1.54, 1.807) is 0 Å². The van der Waals surface area contributed by atoms with Crippen molar-refractivity contribution in [2.45, 2.75) is 12.3 Å². The molecule has 0 aromatic heterocycles. The highest BCUT2D eigenvalue weighted by atomic mass is 28.3. The van der Waals surface area contributed by atoms with Crippen molar-refractivity contribution in [2.24, 2.45) is 0 Å². The average Bonchev–Trinajstić information content (AvgIpc) is 3.64. The predicted octanol–water partition coefficient (Wildman–Crippen LogP) is 11.8. The van der Waals surface area contributed by atoms with Gasteiger partial charge in [0.1, 0.15) is 0 Å². The highest BCUT2D eigenvalue weighted by molar-refractivity contribution is 7.19. The second kappa shape index (κ2) is 18.1. The summed E-state index contributed by atoms with van der Waals surface area (Å²) >= 11 is 0. The summed E-state index contributed by atoms with van der Waals surface area (Å²) in [7, 11) is -2.64. The van der Waals surface area contributed by atoms with E-state index in [9.17, 15) is 0 Å². The van der Waals surface area contributed by atoms with Crippen LogP contribution in [0.4, 0.5) is 17.1 Å². The predicted molar refractivity (Wildman–Crippen MR) is 280 cm³/mol. The first-order valence-electron chi connectivity index (χ1n) is 22.1. The largest absolute Gasteiger partial charge is 0.310 e. The second-order valence-corrected chi connectivity index (χ2v) is 20.3. The maximum absolute atomic E-state index is 5.30. The Hall–Kier alpha value is -8.76. The fourth-order valence-electron chi connectivity index (χ4n) is 9.70. The molecule has 1 unspecified atom stereocenters. The number of hydrogen-bond donors (Lipinski definition) is 0. The Morgan fingerprint density at radius 1 is 0.364 bits per heavy atom. The Kier molecular flexibility index (Phi) is 11.3. The van der Waals surface area contributed by atoms with Crippen LogP contribution in [0.25, 0.3) is 33.4 Å². The first-order chi connectivity index (χ1) is 32.6. The van der Waals surface area contributed by atoms with Gasteiger partial charge in [0, 0.05) is 17.1 Å². The molecule has 308 valence electrons. The van der Waals surface area contributed by atoms with E-state index >= 15 is 0 Å². The zero-order valence-electron chi connectivity index (χ0n) is 36.5. The minimum atomic E-state index is -2.64. The molecule has 0 spiro atoms. The van der Waals surface area contributed by atoms with Crippen LogP contribution in [-0.4, -0.2) is 8.07 Å². The van der Waals surface area contributed by atoms with Crippen molar-refractivity contribution in [3.63, 3.8) is 0 Å². The molecule has 0 saturated heterocycles. The molecule has 1 aliphatic rings. The van der Waals surface area contributed by atoms with Gasteiger partial charge in [0.25, 0.3) is 0 Å². The fourth-order valence-corrected chi connectivity index (χ4v) is 14.4. The Morgan fingerprint density at radius 3 is 1.29 bits per heavy atom. The van der Waals surface area contributed by atoms with Gasteiger partial charge in [0.2, 0.25) is 0 Å². The van der Waals surface area contributed by atoms with Crippen LogP contribution in [0.15, 0.2) is 237 Å². The van der Waals surface area contributed by atoms with Crippen molar-refractivity contribution in [1.82, 2.24) is 0 Å². The molecule has 9 aromatic carbocycles. The molecule has 9 aromatic rings. The molecular weight excluding hydrogens is 811 g/mol. The van der Waals surface area contributed by atoms with E-state index < -0.39 is 13.5 Å². The number of nitrogens with zero attached hydrogens (tertiary/aromatic N) is 1. The molecule has 0 amide bonds. The number of terminal acetylenes is 1. The van der Waals surface area contributed by atoms with E-state index in [0.717, 1.165) is 39.3 Å². The van der Waals surface area contributed by atoms with Crippen molar-refractivity contribution in [1.29, 1.82) is 0 Å². The molecule has 0 N–H and O–H groups in total. The topological polar surface area (TPSA) is 3.24 Å². The summed E-state index contributed by atoms with van der Waals surface area (Å²) in [5, 5.41) is 5.42. The van der Waals surface area contributed by atoms with Crippen LogP contribution in [-0.2, 0) is 5.41 Å². The Morgan fingerprint density at radius 2 is 0.758 bits per heavy atom. The highest BCUT2D eigenvalue weighted by Crippen LogP contribution is 2.50. The summed E-state index contributed by atoms with van der Waals surface area (Å²) < 4.78 is 0. The van der Waals surface area contributed by atoms with Gasteiger partial charge in [-0.05, 0) is 144 Å². The summed E-state index contributed by atoms with van der Waals surface area (Å²) in [6, 6.07) is 86.1. The van der Waals surface area contributed by atoms with Crippen LogP contribution in [0.3, 0.4) is 0 Å². The van der Waals surface area contributed by atoms with Gasteiger partial charge in [-0.1, -0.05) is 206 Å². The summed E-state index contributed by atoms with van der Waals surface area (Å²) in [5.41, 5.74) is 11.8. The van der Waals surface area contributed by atoms with Gasteiger partial charge in [0.15, 0.2) is 8.07 Å². The lowest BCUT2D eigenvalue weighted by atomic mass is 9.80. The van der Waals surface area contributed by atoms with Crippen LogP contribution in [0.1, 0.15) is 18.1 Å². The zero-order chi connectivity index (χ0) is 44.8. The monoisotopic (exact) mass is 853 g/mol. The molecule has 2 heteroatoms. The lowest BCUT2D eigenvalue weighted by Crippen LogP contribution is -2.74. The molecule has 1 atom stereocenters.